The summed E-state index contributed by atoms with van der Waals surface area (Å²) in [6.45, 7) is 0.673. The molecule has 0 bridgehead atoms. The Balaban J connectivity index is 1.90. The number of benzene rings is 1. The molecule has 0 radical (unpaired) electrons. The zero-order valence-corrected chi connectivity index (χ0v) is 12.4. The molecule has 2 rings (SSSR count). The quantitative estimate of drug-likeness (QED) is 0.368. The smallest absolute Gasteiger partial charge is 0.335 e. The molecular weight excluding hydrogens is 280 g/mol. The van der Waals surface area contributed by atoms with E-state index >= 15 is 0 Å². The fourth-order valence-corrected chi connectivity index (χ4v) is 1.81. The van der Waals surface area contributed by atoms with Crippen molar-refractivity contribution in [1.82, 2.24) is 10.5 Å². The predicted molar refractivity (Wildman–Crippen MR) is 83.5 cm³/mol. The van der Waals surface area contributed by atoms with E-state index in [-0.39, 0.29) is 6.54 Å². The zero-order chi connectivity index (χ0) is 15.6. The molecule has 0 saturated heterocycles. The molecule has 2 aromatic rings. The summed E-state index contributed by atoms with van der Waals surface area (Å²) in [5, 5.41) is 0. The first-order chi connectivity index (χ1) is 10.8. The molecule has 0 unspecified atom stereocenters. The van der Waals surface area contributed by atoms with Crippen LogP contribution in [0.15, 0.2) is 60.4 Å². The third-order valence-electron chi connectivity index (χ3n) is 2.94. The van der Waals surface area contributed by atoms with E-state index in [1.165, 1.54) is 7.11 Å². The minimum Gasteiger partial charge on any atom is -0.466 e. The minimum absolute atomic E-state index is 0.252. The third kappa shape index (κ3) is 5.12. The Morgan fingerprint density at radius 3 is 2.59 bits per heavy atom. The Hall–Kier alpha value is -2.50. The third-order valence-corrected chi connectivity index (χ3v) is 2.94. The van der Waals surface area contributed by atoms with Crippen LogP contribution < -0.4 is 5.48 Å². The van der Waals surface area contributed by atoms with Crippen molar-refractivity contribution in [3.05, 3.63) is 71.6 Å². The lowest BCUT2D eigenvalue weighted by molar-refractivity contribution is -0.136. The molecular formula is C17H18N2O3. The van der Waals surface area contributed by atoms with Crippen LogP contribution in [0.2, 0.25) is 0 Å². The summed E-state index contributed by atoms with van der Waals surface area (Å²) in [6, 6.07) is 13.4. The maximum Gasteiger partial charge on any atom is 0.335 e. The number of pyridine rings is 1. The molecule has 0 fully saturated rings. The Labute approximate surface area is 129 Å². The number of aromatic nitrogens is 1. The van der Waals surface area contributed by atoms with Gasteiger partial charge >= 0.3 is 5.97 Å². The molecule has 0 aliphatic heterocycles. The molecule has 1 aromatic carbocycles. The van der Waals surface area contributed by atoms with Crippen molar-refractivity contribution in [2.24, 2.45) is 0 Å². The van der Waals surface area contributed by atoms with Gasteiger partial charge in [-0.3, -0.25) is 9.82 Å². The number of carbonyl (C=O) groups excluding carboxylic acids is 1. The summed E-state index contributed by atoms with van der Waals surface area (Å²) in [5.41, 5.74) is 5.18. The fraction of sp³-hybridized carbons (Fsp3) is 0.176. The van der Waals surface area contributed by atoms with E-state index in [9.17, 15) is 4.79 Å². The van der Waals surface area contributed by atoms with Gasteiger partial charge in [0.2, 0.25) is 0 Å². The first kappa shape index (κ1) is 15.9. The second-order valence-electron chi connectivity index (χ2n) is 4.54. The van der Waals surface area contributed by atoms with E-state index in [1.54, 1.807) is 18.5 Å². The molecule has 0 amide bonds. The largest absolute Gasteiger partial charge is 0.466 e. The van der Waals surface area contributed by atoms with Gasteiger partial charge < -0.3 is 4.74 Å². The van der Waals surface area contributed by atoms with Crippen LogP contribution in [0.4, 0.5) is 0 Å². The second kappa shape index (κ2) is 8.71. The summed E-state index contributed by atoms with van der Waals surface area (Å²) in [4.78, 5) is 21.1. The average Bonchev–Trinajstić information content (AvgIpc) is 2.58. The van der Waals surface area contributed by atoms with E-state index < -0.39 is 5.97 Å². The first-order valence-electron chi connectivity index (χ1n) is 6.87. The molecule has 5 nitrogen and oxygen atoms in total. The summed E-state index contributed by atoms with van der Waals surface area (Å²) in [7, 11) is 1.35. The highest BCUT2D eigenvalue weighted by Gasteiger charge is 2.09. The van der Waals surface area contributed by atoms with Crippen LogP contribution in [0.5, 0.6) is 0 Å². The van der Waals surface area contributed by atoms with Crippen LogP contribution in [0.3, 0.4) is 0 Å². The van der Waals surface area contributed by atoms with Crippen molar-refractivity contribution < 1.29 is 14.4 Å². The highest BCUT2D eigenvalue weighted by molar-refractivity contribution is 5.94. The molecule has 1 aromatic heterocycles. The molecule has 1 heterocycles. The van der Waals surface area contributed by atoms with Gasteiger partial charge in [0.25, 0.3) is 0 Å². The molecule has 22 heavy (non-hydrogen) atoms. The van der Waals surface area contributed by atoms with Gasteiger partial charge in [0.15, 0.2) is 0 Å². The SMILES string of the molecule is COC(=O)/C(=C\c1ccncc1)CNOCc1ccccc1. The van der Waals surface area contributed by atoms with Crippen LogP contribution in [0, 0.1) is 0 Å². The number of nitrogens with one attached hydrogen (secondary N) is 1. The van der Waals surface area contributed by atoms with Crippen LogP contribution in [-0.4, -0.2) is 24.6 Å². The molecule has 0 atom stereocenters. The van der Waals surface area contributed by atoms with E-state index in [4.69, 9.17) is 9.57 Å². The Morgan fingerprint density at radius 2 is 1.91 bits per heavy atom. The molecule has 0 aliphatic carbocycles. The van der Waals surface area contributed by atoms with Crippen molar-refractivity contribution in [3.8, 4) is 0 Å². The highest BCUT2D eigenvalue weighted by atomic mass is 16.6. The van der Waals surface area contributed by atoms with E-state index in [2.05, 4.69) is 10.5 Å². The van der Waals surface area contributed by atoms with Crippen LogP contribution in [0.25, 0.3) is 6.08 Å². The summed E-state index contributed by atoms with van der Waals surface area (Å²) in [5.74, 6) is -0.396. The van der Waals surface area contributed by atoms with Crippen molar-refractivity contribution >= 4 is 12.0 Å². The van der Waals surface area contributed by atoms with Crippen molar-refractivity contribution in [2.75, 3.05) is 13.7 Å². The monoisotopic (exact) mass is 298 g/mol. The molecule has 0 saturated carbocycles. The molecule has 114 valence electrons. The standard InChI is InChI=1S/C17H18N2O3/c1-21-17(20)16(11-14-7-9-18-10-8-14)12-19-22-13-15-5-3-2-4-6-15/h2-11,19H,12-13H2,1H3/b16-11-. The van der Waals surface area contributed by atoms with E-state index in [0.717, 1.165) is 11.1 Å². The molecule has 0 spiro atoms. The number of hydrogen-bond donors (Lipinski definition) is 1. The highest BCUT2D eigenvalue weighted by Crippen LogP contribution is 2.07. The van der Waals surface area contributed by atoms with Gasteiger partial charge in [-0.1, -0.05) is 30.3 Å². The number of nitrogens with zero attached hydrogens (tertiary/aromatic N) is 1. The van der Waals surface area contributed by atoms with Crippen molar-refractivity contribution in [1.29, 1.82) is 0 Å². The van der Waals surface area contributed by atoms with Gasteiger partial charge in [-0.15, -0.1) is 0 Å². The topological polar surface area (TPSA) is 60.5 Å². The number of hydroxylamine groups is 1. The summed E-state index contributed by atoms with van der Waals surface area (Å²) < 4.78 is 4.78. The fourth-order valence-electron chi connectivity index (χ4n) is 1.81. The number of hydrogen-bond acceptors (Lipinski definition) is 5. The van der Waals surface area contributed by atoms with Gasteiger partial charge in [-0.25, -0.2) is 4.79 Å². The van der Waals surface area contributed by atoms with Gasteiger partial charge in [-0.2, -0.15) is 5.48 Å². The average molecular weight is 298 g/mol. The van der Waals surface area contributed by atoms with Crippen molar-refractivity contribution in [3.63, 3.8) is 0 Å². The van der Waals surface area contributed by atoms with Crippen LogP contribution in [-0.2, 0) is 21.0 Å². The number of methoxy groups -OCH3 is 1. The van der Waals surface area contributed by atoms with Gasteiger partial charge in [0, 0.05) is 12.4 Å². The minimum atomic E-state index is -0.396. The Bertz CT molecular complexity index is 612. The maximum atomic E-state index is 11.8. The zero-order valence-electron chi connectivity index (χ0n) is 12.4. The summed E-state index contributed by atoms with van der Waals surface area (Å²) >= 11 is 0. The van der Waals surface area contributed by atoms with E-state index in [1.807, 2.05) is 42.5 Å². The lowest BCUT2D eigenvalue weighted by Gasteiger charge is -2.08. The van der Waals surface area contributed by atoms with Crippen molar-refractivity contribution in [2.45, 2.75) is 6.61 Å². The van der Waals surface area contributed by atoms with Crippen LogP contribution in [0.1, 0.15) is 11.1 Å². The van der Waals surface area contributed by atoms with Gasteiger partial charge in [-0.05, 0) is 29.3 Å². The van der Waals surface area contributed by atoms with Crippen LogP contribution >= 0.6 is 0 Å². The first-order valence-corrected chi connectivity index (χ1v) is 6.87. The second-order valence-corrected chi connectivity index (χ2v) is 4.54. The van der Waals surface area contributed by atoms with E-state index in [0.29, 0.717) is 12.2 Å². The Kier molecular flexibility index (Phi) is 6.29. The molecule has 1 N–H and O–H groups in total. The van der Waals surface area contributed by atoms with Gasteiger partial charge in [0.05, 0.1) is 25.8 Å². The Morgan fingerprint density at radius 1 is 1.18 bits per heavy atom. The number of rotatable bonds is 7. The maximum absolute atomic E-state index is 11.8. The normalized spacial score (nSPS) is 11.2. The summed E-state index contributed by atoms with van der Waals surface area (Å²) in [6.07, 6.45) is 5.08. The number of ether oxygens (including phenoxy) is 1. The predicted octanol–water partition coefficient (Wildman–Crippen LogP) is 2.36. The number of carbonyl (C=O) groups is 1. The lowest BCUT2D eigenvalue weighted by atomic mass is 10.1. The molecule has 0 aliphatic rings. The van der Waals surface area contributed by atoms with Gasteiger partial charge in [0.1, 0.15) is 0 Å². The lowest BCUT2D eigenvalue weighted by Crippen LogP contribution is -2.22. The number of esters is 1. The molecule has 5 heteroatoms.